The lowest BCUT2D eigenvalue weighted by atomic mass is 10.1. The highest BCUT2D eigenvalue weighted by atomic mass is 15.4. The predicted molar refractivity (Wildman–Crippen MR) is 80.4 cm³/mol. The van der Waals surface area contributed by atoms with Gasteiger partial charge in [-0.05, 0) is 25.3 Å². The lowest BCUT2D eigenvalue weighted by Crippen LogP contribution is -2.22. The zero-order valence-corrected chi connectivity index (χ0v) is 11.9. The Morgan fingerprint density at radius 2 is 1.95 bits per heavy atom. The van der Waals surface area contributed by atoms with Crippen LogP contribution in [0.5, 0.6) is 0 Å². The van der Waals surface area contributed by atoms with E-state index >= 15 is 0 Å². The van der Waals surface area contributed by atoms with Gasteiger partial charge in [-0.15, -0.1) is 0 Å². The number of aryl methyl sites for hydroxylation is 3. The summed E-state index contributed by atoms with van der Waals surface area (Å²) in [6.45, 7) is 2.91. The minimum absolute atomic E-state index is 0.782. The van der Waals surface area contributed by atoms with Gasteiger partial charge >= 0.3 is 0 Å². The molecule has 2 rings (SSSR count). The molecule has 1 heterocycles. The fourth-order valence-electron chi connectivity index (χ4n) is 2.39. The molecule has 0 bridgehead atoms. The van der Waals surface area contributed by atoms with E-state index in [1.165, 1.54) is 5.56 Å². The number of hydrogen-bond donors (Lipinski definition) is 1. The molecule has 1 aromatic carbocycles. The Labute approximate surface area is 114 Å². The van der Waals surface area contributed by atoms with Crippen molar-refractivity contribution in [2.45, 2.75) is 19.8 Å². The van der Waals surface area contributed by atoms with Gasteiger partial charge in [0.1, 0.15) is 5.82 Å². The number of nitrogens with zero attached hydrogens (tertiary/aromatic N) is 3. The number of aromatic nitrogens is 2. The first-order valence-corrected chi connectivity index (χ1v) is 6.63. The summed E-state index contributed by atoms with van der Waals surface area (Å²) in [5.41, 5.74) is 9.12. The molecule has 19 heavy (non-hydrogen) atoms. The third-order valence-corrected chi connectivity index (χ3v) is 3.40. The smallest absolute Gasteiger partial charge is 0.150 e. The van der Waals surface area contributed by atoms with Gasteiger partial charge in [-0.3, -0.25) is 4.68 Å². The Hall–Kier alpha value is -1.97. The summed E-state index contributed by atoms with van der Waals surface area (Å²) in [7, 11) is 4.00. The number of anilines is 2. The molecule has 0 aliphatic rings. The summed E-state index contributed by atoms with van der Waals surface area (Å²) in [5, 5.41) is 4.35. The molecule has 0 amide bonds. The zero-order valence-electron chi connectivity index (χ0n) is 11.9. The van der Waals surface area contributed by atoms with E-state index in [1.807, 2.05) is 18.7 Å². The van der Waals surface area contributed by atoms with Crippen LogP contribution >= 0.6 is 0 Å². The van der Waals surface area contributed by atoms with Gasteiger partial charge in [0.15, 0.2) is 0 Å². The SMILES string of the molecule is Cc1nn(C)c(N(C)CCCc2ccccc2)c1N. The minimum atomic E-state index is 0.782. The van der Waals surface area contributed by atoms with Crippen molar-refractivity contribution in [1.29, 1.82) is 0 Å². The lowest BCUT2D eigenvalue weighted by molar-refractivity contribution is 0.708. The molecule has 4 heteroatoms. The zero-order chi connectivity index (χ0) is 13.8. The lowest BCUT2D eigenvalue weighted by Gasteiger charge is -2.19. The van der Waals surface area contributed by atoms with Crippen molar-refractivity contribution in [3.8, 4) is 0 Å². The predicted octanol–water partition coefficient (Wildman–Crippen LogP) is 2.38. The summed E-state index contributed by atoms with van der Waals surface area (Å²) in [5.74, 6) is 1.01. The molecule has 0 unspecified atom stereocenters. The van der Waals surface area contributed by atoms with Crippen molar-refractivity contribution < 1.29 is 0 Å². The monoisotopic (exact) mass is 258 g/mol. The molecule has 0 spiro atoms. The van der Waals surface area contributed by atoms with E-state index in [4.69, 9.17) is 5.73 Å². The molecule has 0 aliphatic heterocycles. The summed E-state index contributed by atoms with van der Waals surface area (Å²) >= 11 is 0. The van der Waals surface area contributed by atoms with Crippen LogP contribution in [0.15, 0.2) is 30.3 Å². The first kappa shape index (κ1) is 13.5. The third kappa shape index (κ3) is 3.08. The van der Waals surface area contributed by atoms with Crippen LogP contribution in [-0.2, 0) is 13.5 Å². The van der Waals surface area contributed by atoms with Crippen molar-refractivity contribution >= 4 is 11.5 Å². The van der Waals surface area contributed by atoms with Crippen LogP contribution in [0.25, 0.3) is 0 Å². The molecule has 2 aromatic rings. The summed E-state index contributed by atoms with van der Waals surface area (Å²) in [4.78, 5) is 2.18. The van der Waals surface area contributed by atoms with Gasteiger partial charge in [0.2, 0.25) is 0 Å². The highest BCUT2D eigenvalue weighted by Crippen LogP contribution is 2.24. The van der Waals surface area contributed by atoms with Crippen molar-refractivity contribution in [2.75, 3.05) is 24.2 Å². The third-order valence-electron chi connectivity index (χ3n) is 3.40. The molecule has 102 valence electrons. The van der Waals surface area contributed by atoms with Crippen LogP contribution in [0.4, 0.5) is 11.5 Å². The van der Waals surface area contributed by atoms with Crippen LogP contribution in [0, 0.1) is 6.92 Å². The van der Waals surface area contributed by atoms with E-state index in [9.17, 15) is 0 Å². The summed E-state index contributed by atoms with van der Waals surface area (Å²) < 4.78 is 1.85. The second-order valence-electron chi connectivity index (χ2n) is 4.96. The number of hydrogen-bond acceptors (Lipinski definition) is 3. The van der Waals surface area contributed by atoms with Gasteiger partial charge in [0.05, 0.1) is 11.4 Å². The molecule has 0 saturated heterocycles. The maximum absolute atomic E-state index is 6.06. The number of nitrogen functional groups attached to an aromatic ring is 1. The normalized spacial score (nSPS) is 10.7. The van der Waals surface area contributed by atoms with Crippen molar-refractivity contribution in [3.63, 3.8) is 0 Å². The summed E-state index contributed by atoms with van der Waals surface area (Å²) in [6.07, 6.45) is 2.19. The Bertz CT molecular complexity index is 531. The quantitative estimate of drug-likeness (QED) is 0.895. The Kier molecular flexibility index (Phi) is 4.10. The molecule has 0 saturated carbocycles. The number of benzene rings is 1. The van der Waals surface area contributed by atoms with Gasteiger partial charge in [-0.2, -0.15) is 5.10 Å². The molecule has 2 N–H and O–H groups in total. The molecular weight excluding hydrogens is 236 g/mol. The molecule has 0 radical (unpaired) electrons. The van der Waals surface area contributed by atoms with E-state index in [0.717, 1.165) is 36.6 Å². The first-order chi connectivity index (χ1) is 9.09. The highest BCUT2D eigenvalue weighted by Gasteiger charge is 2.13. The van der Waals surface area contributed by atoms with Crippen LogP contribution in [-0.4, -0.2) is 23.4 Å². The van der Waals surface area contributed by atoms with Gasteiger partial charge in [0, 0.05) is 20.6 Å². The first-order valence-electron chi connectivity index (χ1n) is 6.63. The molecule has 0 aliphatic carbocycles. The standard InChI is InChI=1S/C15H22N4/c1-12-14(16)15(19(3)17-12)18(2)11-7-10-13-8-5-4-6-9-13/h4-6,8-9H,7,10-11,16H2,1-3H3. The average molecular weight is 258 g/mol. The average Bonchev–Trinajstić information content (AvgIpc) is 2.64. The number of rotatable bonds is 5. The molecule has 0 atom stereocenters. The Morgan fingerprint density at radius 3 is 2.53 bits per heavy atom. The molecular formula is C15H22N4. The van der Waals surface area contributed by atoms with Crippen molar-refractivity contribution in [1.82, 2.24) is 9.78 Å². The Balaban J connectivity index is 1.93. The van der Waals surface area contributed by atoms with E-state index in [1.54, 1.807) is 0 Å². The van der Waals surface area contributed by atoms with Crippen LogP contribution in [0.2, 0.25) is 0 Å². The summed E-state index contributed by atoms with van der Waals surface area (Å²) in [6, 6.07) is 10.6. The second kappa shape index (κ2) is 5.78. The fraction of sp³-hybridized carbons (Fsp3) is 0.400. The van der Waals surface area contributed by atoms with E-state index < -0.39 is 0 Å². The molecule has 4 nitrogen and oxygen atoms in total. The maximum atomic E-state index is 6.06. The van der Waals surface area contributed by atoms with Crippen molar-refractivity contribution in [3.05, 3.63) is 41.6 Å². The minimum Gasteiger partial charge on any atom is -0.394 e. The van der Waals surface area contributed by atoms with Crippen LogP contribution in [0.1, 0.15) is 17.7 Å². The van der Waals surface area contributed by atoms with Gasteiger partial charge < -0.3 is 10.6 Å². The van der Waals surface area contributed by atoms with E-state index in [2.05, 4.69) is 47.4 Å². The van der Waals surface area contributed by atoms with Gasteiger partial charge in [-0.25, -0.2) is 0 Å². The highest BCUT2D eigenvalue weighted by molar-refractivity contribution is 5.65. The molecule has 0 fully saturated rings. The number of nitrogens with two attached hydrogens (primary N) is 1. The van der Waals surface area contributed by atoms with E-state index in [-0.39, 0.29) is 0 Å². The van der Waals surface area contributed by atoms with E-state index in [0.29, 0.717) is 0 Å². The van der Waals surface area contributed by atoms with Crippen LogP contribution < -0.4 is 10.6 Å². The largest absolute Gasteiger partial charge is 0.394 e. The van der Waals surface area contributed by atoms with Crippen molar-refractivity contribution in [2.24, 2.45) is 7.05 Å². The van der Waals surface area contributed by atoms with Gasteiger partial charge in [-0.1, -0.05) is 30.3 Å². The fourth-order valence-corrected chi connectivity index (χ4v) is 2.39. The maximum Gasteiger partial charge on any atom is 0.150 e. The topological polar surface area (TPSA) is 47.1 Å². The second-order valence-corrected chi connectivity index (χ2v) is 4.96. The molecule has 1 aromatic heterocycles. The van der Waals surface area contributed by atoms with Crippen LogP contribution in [0.3, 0.4) is 0 Å². The van der Waals surface area contributed by atoms with Gasteiger partial charge in [0.25, 0.3) is 0 Å². The Morgan fingerprint density at radius 1 is 1.26 bits per heavy atom.